The normalized spacial score (nSPS) is 14.3. The molecule has 28 heavy (non-hydrogen) atoms. The molecule has 1 atom stereocenters. The van der Waals surface area contributed by atoms with Crippen LogP contribution in [0.2, 0.25) is 22.3 Å². The molecule has 0 aliphatic rings. The van der Waals surface area contributed by atoms with Crippen LogP contribution in [0.5, 0.6) is 0 Å². The summed E-state index contributed by atoms with van der Waals surface area (Å²) in [5.41, 5.74) is 6.92. The Morgan fingerprint density at radius 3 is 1.39 bits per heavy atom. The Labute approximate surface area is 178 Å². The maximum absolute atomic E-state index is 11.7. The number of hydrogen-bond donors (Lipinski definition) is 0. The van der Waals surface area contributed by atoms with Crippen molar-refractivity contribution >= 4 is 21.4 Å². The van der Waals surface area contributed by atoms with Crippen molar-refractivity contribution in [1.82, 2.24) is 0 Å². The van der Waals surface area contributed by atoms with Crippen LogP contribution < -0.4 is 4.89 Å². The van der Waals surface area contributed by atoms with Gasteiger partial charge in [-0.3, -0.25) is 0 Å². The zero-order valence-electron chi connectivity index (χ0n) is 19.3. The molecule has 0 bridgehead atoms. The summed E-state index contributed by atoms with van der Waals surface area (Å²) in [5, 5.41) is 1.11. The molecule has 6 heteroatoms. The first kappa shape index (κ1) is 28.7. The van der Waals surface area contributed by atoms with Crippen molar-refractivity contribution in [2.24, 2.45) is 0 Å². The van der Waals surface area contributed by atoms with Gasteiger partial charge in [0.05, 0.1) is 0 Å². The Kier molecular flexibility index (Phi) is 18.9. The van der Waals surface area contributed by atoms with Crippen molar-refractivity contribution in [3.05, 3.63) is 0 Å². The first-order valence-corrected chi connectivity index (χ1v) is 20.1. The first-order valence-electron chi connectivity index (χ1n) is 11.7. The first-order chi connectivity index (χ1) is 13.3. The summed E-state index contributed by atoms with van der Waals surface area (Å²) in [6.45, 7) is 2.79. The van der Waals surface area contributed by atoms with Crippen LogP contribution in [0.3, 0.4) is 0 Å². The Morgan fingerprint density at radius 1 is 0.643 bits per heavy atom. The van der Waals surface area contributed by atoms with E-state index in [9.17, 15) is 9.46 Å². The molecule has 0 saturated carbocycles. The molecule has 0 aliphatic carbocycles. The molecule has 0 aliphatic heterocycles. The summed E-state index contributed by atoms with van der Waals surface area (Å²) in [4.78, 5) is 11.7. The molecule has 0 spiro atoms. The van der Waals surface area contributed by atoms with Crippen LogP contribution in [0.25, 0.3) is 0 Å². The van der Waals surface area contributed by atoms with Gasteiger partial charge in [-0.05, 0) is 0 Å². The van der Waals surface area contributed by atoms with Gasteiger partial charge >= 0.3 is 114 Å². The topological polar surface area (TPSA) is 58.6 Å². The SMILES string of the molecule is CCCCCCCCCCCCCCCCOP(=O)([O-])OCCC[As+](C)(C)C. The zero-order valence-corrected chi connectivity index (χ0v) is 22.0. The van der Waals surface area contributed by atoms with Crippen LogP contribution in [0, 0.1) is 0 Å². The van der Waals surface area contributed by atoms with Crippen molar-refractivity contribution in [3.63, 3.8) is 0 Å². The minimum atomic E-state index is -4.09. The van der Waals surface area contributed by atoms with E-state index < -0.39 is 21.4 Å². The fraction of sp³-hybridized carbons (Fsp3) is 1.00. The summed E-state index contributed by atoms with van der Waals surface area (Å²) in [5.74, 6) is 0. The van der Waals surface area contributed by atoms with Gasteiger partial charge in [0.2, 0.25) is 0 Å². The molecule has 0 N–H and O–H groups in total. The molecular weight excluding hydrogens is 434 g/mol. The fourth-order valence-electron chi connectivity index (χ4n) is 3.23. The molecule has 0 saturated heterocycles. The van der Waals surface area contributed by atoms with Gasteiger partial charge in [-0.15, -0.1) is 0 Å². The van der Waals surface area contributed by atoms with E-state index in [1.807, 2.05) is 0 Å². The van der Waals surface area contributed by atoms with Crippen LogP contribution in [-0.2, 0) is 13.6 Å². The Hall–Kier alpha value is 0.668. The molecule has 0 aromatic heterocycles. The van der Waals surface area contributed by atoms with Gasteiger partial charge in [0.25, 0.3) is 0 Å². The molecule has 4 nitrogen and oxygen atoms in total. The molecule has 170 valence electrons. The number of phosphoric acid groups is 1. The van der Waals surface area contributed by atoms with Gasteiger partial charge < -0.3 is 0 Å². The molecule has 0 amide bonds. The van der Waals surface area contributed by atoms with Crippen molar-refractivity contribution in [3.8, 4) is 0 Å². The molecule has 1 unspecified atom stereocenters. The molecule has 0 aromatic carbocycles. The second-order valence-corrected chi connectivity index (χ2v) is 21.0. The van der Waals surface area contributed by atoms with E-state index >= 15 is 0 Å². The molecule has 0 rings (SSSR count). The number of rotatable bonds is 21. The summed E-state index contributed by atoms with van der Waals surface area (Å²) in [7, 11) is -4.09. The monoisotopic (exact) mass is 482 g/mol. The van der Waals surface area contributed by atoms with Gasteiger partial charge in [-0.2, -0.15) is 0 Å². The average molecular weight is 483 g/mol. The Balaban J connectivity index is 3.32. The quantitative estimate of drug-likeness (QED) is 0.0956. The second-order valence-electron chi connectivity index (χ2n) is 9.08. The van der Waals surface area contributed by atoms with Crippen LogP contribution in [0.15, 0.2) is 0 Å². The molecule has 0 aromatic rings. The molecule has 0 fully saturated rings. The van der Waals surface area contributed by atoms with E-state index in [0.717, 1.165) is 24.5 Å². The summed E-state index contributed by atoms with van der Waals surface area (Å²) >= 11 is -1.45. The van der Waals surface area contributed by atoms with E-state index in [-0.39, 0.29) is 13.2 Å². The third-order valence-corrected chi connectivity index (χ3v) is 9.45. The van der Waals surface area contributed by atoms with E-state index in [2.05, 4.69) is 24.1 Å². The predicted molar refractivity (Wildman–Crippen MR) is 123 cm³/mol. The summed E-state index contributed by atoms with van der Waals surface area (Å²) in [6.07, 6.45) is 18.8. The third kappa shape index (κ3) is 23.0. The van der Waals surface area contributed by atoms with Gasteiger partial charge in [0.15, 0.2) is 0 Å². The fourth-order valence-corrected chi connectivity index (χ4v) is 6.27. The third-order valence-electron chi connectivity index (χ3n) is 4.97. The number of phosphoric ester groups is 1. The number of unbranched alkanes of at least 4 members (excludes halogenated alkanes) is 13. The molecule has 0 radical (unpaired) electrons. The van der Waals surface area contributed by atoms with Gasteiger partial charge in [-0.25, -0.2) is 0 Å². The van der Waals surface area contributed by atoms with Crippen molar-refractivity contribution in [2.45, 2.75) is 126 Å². The standard InChI is InChI=1S/C22H48AsO4P/c1-5-6-7-8-9-10-11-12-13-14-15-16-17-18-21-26-28(24,25)27-22-19-20-23(2,3)4/h5-22H2,1-4H3. The average Bonchev–Trinajstić information content (AvgIpc) is 2.61. The van der Waals surface area contributed by atoms with Gasteiger partial charge in [0.1, 0.15) is 0 Å². The summed E-state index contributed by atoms with van der Waals surface area (Å²) in [6, 6.07) is 0. The van der Waals surface area contributed by atoms with Gasteiger partial charge in [-0.1, -0.05) is 64.7 Å². The van der Waals surface area contributed by atoms with Gasteiger partial charge in [0, 0.05) is 0 Å². The molecule has 0 heterocycles. The van der Waals surface area contributed by atoms with Crippen molar-refractivity contribution in [1.29, 1.82) is 0 Å². The minimum absolute atomic E-state index is 0.259. The Morgan fingerprint density at radius 2 is 1.00 bits per heavy atom. The second kappa shape index (κ2) is 18.4. The van der Waals surface area contributed by atoms with E-state index in [4.69, 9.17) is 9.05 Å². The van der Waals surface area contributed by atoms with Crippen molar-refractivity contribution in [2.75, 3.05) is 13.2 Å². The molecular formula is C22H48AsO4P. The zero-order chi connectivity index (χ0) is 21.1. The maximum atomic E-state index is 11.7. The van der Waals surface area contributed by atoms with E-state index in [1.165, 1.54) is 77.0 Å². The van der Waals surface area contributed by atoms with Crippen molar-refractivity contribution < 1.29 is 18.5 Å². The Bertz CT molecular complexity index is 385. The van der Waals surface area contributed by atoms with Crippen LogP contribution >= 0.6 is 7.82 Å². The number of hydrogen-bond acceptors (Lipinski definition) is 4. The van der Waals surface area contributed by atoms with E-state index in [1.54, 1.807) is 0 Å². The van der Waals surface area contributed by atoms with Crippen LogP contribution in [0.4, 0.5) is 0 Å². The predicted octanol–water partition coefficient (Wildman–Crippen LogP) is 7.70. The van der Waals surface area contributed by atoms with Crippen LogP contribution in [-0.4, -0.2) is 26.8 Å². The summed E-state index contributed by atoms with van der Waals surface area (Å²) < 4.78 is 21.6. The van der Waals surface area contributed by atoms with Crippen LogP contribution in [0.1, 0.15) is 103 Å². The van der Waals surface area contributed by atoms with E-state index in [0.29, 0.717) is 0 Å².